The van der Waals surface area contributed by atoms with Gasteiger partial charge < -0.3 is 5.32 Å². The largest absolute Gasteiger partial charge is 0.350 e. The second-order valence-corrected chi connectivity index (χ2v) is 2.89. The number of benzene rings is 1. The fourth-order valence-electron chi connectivity index (χ4n) is 1.40. The number of urea groups is 1. The summed E-state index contributed by atoms with van der Waals surface area (Å²) in [4.78, 5) is 11.0. The number of hydrogen-bond acceptors (Lipinski definition) is 1. The fourth-order valence-corrected chi connectivity index (χ4v) is 1.40. The van der Waals surface area contributed by atoms with Crippen LogP contribution in [0.2, 0.25) is 0 Å². The molecule has 0 atom stereocenters. The molecule has 13 heavy (non-hydrogen) atoms. The highest BCUT2D eigenvalue weighted by molar-refractivity contribution is 5.91. The number of para-hydroxylation sites is 1. The maximum Gasteiger partial charge on any atom is 0.350 e. The van der Waals surface area contributed by atoms with E-state index in [9.17, 15) is 9.28 Å². The van der Waals surface area contributed by atoms with Gasteiger partial charge in [-0.1, -0.05) is 22.7 Å². The molecule has 1 aromatic carbocycles. The predicted octanol–water partition coefficient (Wildman–Crippen LogP) is 1.64. The molecular formula is C9H9FN2O. The average Bonchev–Trinajstić information content (AvgIpc) is 2.29. The van der Waals surface area contributed by atoms with Crippen LogP contribution in [0.3, 0.4) is 0 Å². The van der Waals surface area contributed by atoms with Crippen molar-refractivity contribution in [1.29, 1.82) is 0 Å². The van der Waals surface area contributed by atoms with Gasteiger partial charge in [-0.2, -0.15) is 0 Å². The zero-order valence-electron chi connectivity index (χ0n) is 6.96. The number of anilines is 1. The molecule has 0 bridgehead atoms. The second-order valence-electron chi connectivity index (χ2n) is 2.89. The quantitative estimate of drug-likeness (QED) is 0.605. The number of nitrogens with one attached hydrogen (secondary N) is 1. The lowest BCUT2D eigenvalue weighted by Gasteiger charge is -2.10. The maximum atomic E-state index is 13.3. The van der Waals surface area contributed by atoms with Crippen LogP contribution in [0.15, 0.2) is 24.3 Å². The molecule has 4 heteroatoms. The molecule has 1 heterocycles. The smallest absolute Gasteiger partial charge is 0.335 e. The SMILES string of the molecule is O=C1NCCc2ccccc2N1F. The molecule has 0 saturated heterocycles. The molecule has 68 valence electrons. The molecule has 0 saturated carbocycles. The Labute approximate surface area is 75.1 Å². The minimum absolute atomic E-state index is 0.155. The summed E-state index contributed by atoms with van der Waals surface area (Å²) < 4.78 is 13.3. The van der Waals surface area contributed by atoms with E-state index in [4.69, 9.17) is 0 Å². The lowest BCUT2D eigenvalue weighted by molar-refractivity contribution is 0.234. The van der Waals surface area contributed by atoms with Gasteiger partial charge in [0.2, 0.25) is 0 Å². The third-order valence-electron chi connectivity index (χ3n) is 2.05. The lowest BCUT2D eigenvalue weighted by Crippen LogP contribution is -2.33. The Balaban J connectivity index is 2.46. The second kappa shape index (κ2) is 3.05. The van der Waals surface area contributed by atoms with Gasteiger partial charge in [0.05, 0.1) is 5.69 Å². The Morgan fingerprint density at radius 1 is 1.38 bits per heavy atom. The van der Waals surface area contributed by atoms with E-state index in [0.717, 1.165) is 5.56 Å². The molecule has 0 radical (unpaired) electrons. The van der Waals surface area contributed by atoms with Crippen molar-refractivity contribution in [1.82, 2.24) is 5.32 Å². The molecular weight excluding hydrogens is 171 g/mol. The molecule has 1 N–H and O–H groups in total. The van der Waals surface area contributed by atoms with Crippen LogP contribution in [0.4, 0.5) is 15.0 Å². The van der Waals surface area contributed by atoms with Crippen molar-refractivity contribution < 1.29 is 9.28 Å². The van der Waals surface area contributed by atoms with Crippen molar-refractivity contribution in [2.75, 3.05) is 11.7 Å². The summed E-state index contributed by atoms with van der Waals surface area (Å²) in [6.45, 7) is 0.482. The molecule has 1 aromatic rings. The van der Waals surface area contributed by atoms with E-state index in [1.165, 1.54) is 0 Å². The minimum Gasteiger partial charge on any atom is -0.335 e. The molecule has 1 aliphatic heterocycles. The Hall–Kier alpha value is -1.58. The van der Waals surface area contributed by atoms with Crippen LogP contribution in [0.25, 0.3) is 0 Å². The Kier molecular flexibility index (Phi) is 1.88. The molecule has 2 amide bonds. The van der Waals surface area contributed by atoms with Gasteiger partial charge in [-0.3, -0.25) is 0 Å². The van der Waals surface area contributed by atoms with E-state index in [1.807, 2.05) is 12.1 Å². The first kappa shape index (κ1) is 8.04. The van der Waals surface area contributed by atoms with Gasteiger partial charge >= 0.3 is 6.03 Å². The van der Waals surface area contributed by atoms with Crippen molar-refractivity contribution in [3.8, 4) is 0 Å². The minimum atomic E-state index is -0.690. The molecule has 0 aliphatic carbocycles. The zero-order valence-corrected chi connectivity index (χ0v) is 6.96. The first-order valence-corrected chi connectivity index (χ1v) is 4.10. The summed E-state index contributed by atoms with van der Waals surface area (Å²) in [5.74, 6) is 0. The number of rotatable bonds is 0. The average molecular weight is 180 g/mol. The zero-order chi connectivity index (χ0) is 9.26. The van der Waals surface area contributed by atoms with Crippen LogP contribution in [0.5, 0.6) is 0 Å². The van der Waals surface area contributed by atoms with Crippen LogP contribution in [-0.4, -0.2) is 12.6 Å². The van der Waals surface area contributed by atoms with Crippen molar-refractivity contribution >= 4 is 11.7 Å². The first-order chi connectivity index (χ1) is 6.29. The molecule has 0 fully saturated rings. The van der Waals surface area contributed by atoms with Gasteiger partial charge in [0, 0.05) is 6.54 Å². The summed E-state index contributed by atoms with van der Waals surface area (Å²) >= 11 is 0. The Bertz CT molecular complexity index is 340. The van der Waals surface area contributed by atoms with Crippen LogP contribution in [0, 0.1) is 0 Å². The van der Waals surface area contributed by atoms with Gasteiger partial charge in [0.15, 0.2) is 0 Å². The number of amides is 2. The van der Waals surface area contributed by atoms with Crippen LogP contribution < -0.4 is 10.4 Å². The topological polar surface area (TPSA) is 32.3 Å². The summed E-state index contributed by atoms with van der Waals surface area (Å²) in [6.07, 6.45) is 0.669. The summed E-state index contributed by atoms with van der Waals surface area (Å²) in [5, 5.41) is 2.61. The number of halogens is 1. The molecule has 0 unspecified atom stereocenters. The van der Waals surface area contributed by atoms with Gasteiger partial charge in [-0.25, -0.2) is 4.79 Å². The van der Waals surface area contributed by atoms with Crippen molar-refractivity contribution in [2.24, 2.45) is 0 Å². The van der Waals surface area contributed by atoms with E-state index >= 15 is 0 Å². The van der Waals surface area contributed by atoms with Crippen LogP contribution >= 0.6 is 0 Å². The Morgan fingerprint density at radius 2 is 2.15 bits per heavy atom. The number of fused-ring (bicyclic) bond motifs is 1. The Morgan fingerprint density at radius 3 is 3.00 bits per heavy atom. The predicted molar refractivity (Wildman–Crippen MR) is 47.1 cm³/mol. The monoisotopic (exact) mass is 180 g/mol. The third-order valence-corrected chi connectivity index (χ3v) is 2.05. The molecule has 0 spiro atoms. The lowest BCUT2D eigenvalue weighted by atomic mass is 10.1. The van der Waals surface area contributed by atoms with Crippen molar-refractivity contribution in [3.05, 3.63) is 29.8 Å². The standard InChI is InChI=1S/C9H9FN2O/c10-12-8-4-2-1-3-7(8)5-6-11-9(12)13/h1-4H,5-6H2,(H,11,13). The van der Waals surface area contributed by atoms with Crippen LogP contribution in [0.1, 0.15) is 5.56 Å². The van der Waals surface area contributed by atoms with Gasteiger partial charge in [0.25, 0.3) is 0 Å². The van der Waals surface area contributed by atoms with Gasteiger partial charge in [-0.15, -0.1) is 5.12 Å². The highest BCUT2D eigenvalue weighted by atomic mass is 19.2. The fraction of sp³-hybridized carbons (Fsp3) is 0.222. The highest BCUT2D eigenvalue weighted by Gasteiger charge is 2.20. The highest BCUT2D eigenvalue weighted by Crippen LogP contribution is 2.22. The van der Waals surface area contributed by atoms with Crippen molar-refractivity contribution in [2.45, 2.75) is 6.42 Å². The van der Waals surface area contributed by atoms with E-state index in [-0.39, 0.29) is 5.12 Å². The summed E-state index contributed by atoms with van der Waals surface area (Å²) in [5.41, 5.74) is 1.20. The van der Waals surface area contributed by atoms with E-state index in [2.05, 4.69) is 5.32 Å². The normalized spacial score (nSPS) is 16.1. The molecule has 1 aliphatic rings. The van der Waals surface area contributed by atoms with E-state index in [0.29, 0.717) is 18.7 Å². The van der Waals surface area contributed by atoms with Crippen LogP contribution in [-0.2, 0) is 6.42 Å². The maximum absolute atomic E-state index is 13.3. The molecule has 2 rings (SSSR count). The van der Waals surface area contributed by atoms with E-state index in [1.54, 1.807) is 12.1 Å². The van der Waals surface area contributed by atoms with Crippen molar-refractivity contribution in [3.63, 3.8) is 0 Å². The van der Waals surface area contributed by atoms with Gasteiger partial charge in [0.1, 0.15) is 0 Å². The number of carbonyl (C=O) groups excluding carboxylic acids is 1. The van der Waals surface area contributed by atoms with Gasteiger partial charge in [-0.05, 0) is 18.1 Å². The molecule has 0 aromatic heterocycles. The molecule has 3 nitrogen and oxygen atoms in total. The number of hydrogen-bond donors (Lipinski definition) is 1. The number of nitrogens with zero attached hydrogens (tertiary/aromatic N) is 1. The third kappa shape index (κ3) is 1.35. The van der Waals surface area contributed by atoms with E-state index < -0.39 is 6.03 Å². The summed E-state index contributed by atoms with van der Waals surface area (Å²) in [7, 11) is 0. The first-order valence-electron chi connectivity index (χ1n) is 4.10. The number of carbonyl (C=O) groups is 1. The summed E-state index contributed by atoms with van der Waals surface area (Å²) in [6, 6.07) is 6.28.